The van der Waals surface area contributed by atoms with Gasteiger partial charge in [0.1, 0.15) is 0 Å². The molecule has 0 radical (unpaired) electrons. The lowest BCUT2D eigenvalue weighted by molar-refractivity contribution is 0.152. The number of thiophene rings is 1. The Morgan fingerprint density at radius 3 is 2.84 bits per heavy atom. The molecule has 25 heavy (non-hydrogen) atoms. The van der Waals surface area contributed by atoms with Crippen molar-refractivity contribution in [2.45, 2.75) is 18.8 Å². The van der Waals surface area contributed by atoms with Crippen LogP contribution in [0.2, 0.25) is 0 Å². The highest BCUT2D eigenvalue weighted by Crippen LogP contribution is 2.30. The van der Waals surface area contributed by atoms with Crippen molar-refractivity contribution in [1.29, 1.82) is 0 Å². The first-order valence-corrected chi connectivity index (χ1v) is 9.27. The summed E-state index contributed by atoms with van der Waals surface area (Å²) in [5.41, 5.74) is 0.973. The van der Waals surface area contributed by atoms with Gasteiger partial charge in [0.05, 0.1) is 0 Å². The van der Waals surface area contributed by atoms with Gasteiger partial charge >= 0.3 is 6.03 Å². The van der Waals surface area contributed by atoms with Gasteiger partial charge in [0.25, 0.3) is 0 Å². The third kappa shape index (κ3) is 3.11. The average Bonchev–Trinajstić information content (AvgIpc) is 3.29. The molecule has 6 nitrogen and oxygen atoms in total. The maximum Gasteiger partial charge on any atom is 0.319 e. The van der Waals surface area contributed by atoms with Gasteiger partial charge in [0, 0.05) is 43.4 Å². The highest BCUT2D eigenvalue weighted by Gasteiger charge is 2.28. The molecule has 0 atom stereocenters. The van der Waals surface area contributed by atoms with Gasteiger partial charge in [0.15, 0.2) is 0 Å². The summed E-state index contributed by atoms with van der Waals surface area (Å²) in [6.45, 7) is 1.44. The van der Waals surface area contributed by atoms with Gasteiger partial charge in [-0.15, -0.1) is 11.3 Å². The lowest BCUT2D eigenvalue weighted by Crippen LogP contribution is -2.43. The number of piperidine rings is 1. The van der Waals surface area contributed by atoms with Crippen molar-refractivity contribution in [2.24, 2.45) is 0 Å². The van der Waals surface area contributed by atoms with Gasteiger partial charge in [-0.05, 0) is 47.9 Å². The normalized spacial score (nSPS) is 15.7. The molecule has 0 saturated carbocycles. The highest BCUT2D eigenvalue weighted by atomic mass is 32.1. The van der Waals surface area contributed by atoms with Crippen LogP contribution >= 0.6 is 11.3 Å². The average molecular weight is 356 g/mol. The highest BCUT2D eigenvalue weighted by molar-refractivity contribution is 7.17. The lowest BCUT2D eigenvalue weighted by Gasteiger charge is -2.32. The Hall–Kier alpha value is -2.41. The number of rotatable bonds is 2. The van der Waals surface area contributed by atoms with E-state index in [0.717, 1.165) is 31.5 Å². The topological polar surface area (TPSA) is 62.5 Å². The number of hydrogen-bond acceptors (Lipinski definition) is 5. The van der Waals surface area contributed by atoms with Crippen molar-refractivity contribution >= 4 is 27.5 Å². The van der Waals surface area contributed by atoms with Crippen molar-refractivity contribution < 1.29 is 9.32 Å². The van der Waals surface area contributed by atoms with E-state index in [1.807, 2.05) is 11.0 Å². The minimum absolute atomic E-state index is 0.0636. The zero-order valence-corrected chi connectivity index (χ0v) is 15.1. The summed E-state index contributed by atoms with van der Waals surface area (Å²) in [6.07, 6.45) is 1.70. The fourth-order valence-corrected chi connectivity index (χ4v) is 4.00. The minimum atomic E-state index is 0.0636. The van der Waals surface area contributed by atoms with E-state index in [-0.39, 0.29) is 11.9 Å². The molecule has 0 N–H and O–H groups in total. The van der Waals surface area contributed by atoms with Crippen molar-refractivity contribution in [3.63, 3.8) is 0 Å². The number of hydrogen-bond donors (Lipinski definition) is 0. The summed E-state index contributed by atoms with van der Waals surface area (Å²) in [6, 6.07) is 8.39. The van der Waals surface area contributed by atoms with Crippen LogP contribution in [0, 0.1) is 0 Å². The van der Waals surface area contributed by atoms with Crippen LogP contribution in [0.4, 0.5) is 4.79 Å². The first-order valence-electron chi connectivity index (χ1n) is 8.39. The number of fused-ring (bicyclic) bond motifs is 1. The van der Waals surface area contributed by atoms with Crippen molar-refractivity contribution in [1.82, 2.24) is 19.9 Å². The standard InChI is InChI=1S/C18H20N4O2S/c1-21(2)18(23)22-8-5-12(6-9-22)17-19-16(20-24-17)14-3-4-15-13(11-14)7-10-25-15/h3-4,7,10-12H,5-6,8-9H2,1-2H3. The molecular formula is C18H20N4O2S. The van der Waals surface area contributed by atoms with Gasteiger partial charge in [0.2, 0.25) is 11.7 Å². The molecule has 1 aliphatic heterocycles. The summed E-state index contributed by atoms with van der Waals surface area (Å²) in [4.78, 5) is 20.1. The van der Waals surface area contributed by atoms with E-state index < -0.39 is 0 Å². The van der Waals surface area contributed by atoms with Crippen LogP contribution < -0.4 is 0 Å². The second-order valence-electron chi connectivity index (χ2n) is 6.57. The van der Waals surface area contributed by atoms with Crippen molar-refractivity contribution in [3.05, 3.63) is 35.5 Å². The predicted molar refractivity (Wildman–Crippen MR) is 97.7 cm³/mol. The second-order valence-corrected chi connectivity index (χ2v) is 7.52. The molecular weight excluding hydrogens is 336 g/mol. The maximum absolute atomic E-state index is 12.0. The maximum atomic E-state index is 12.0. The zero-order valence-electron chi connectivity index (χ0n) is 14.3. The molecule has 3 aromatic rings. The van der Waals surface area contributed by atoms with Crippen LogP contribution in [0.15, 0.2) is 34.2 Å². The first kappa shape index (κ1) is 16.1. The molecule has 0 unspecified atom stereocenters. The van der Waals surface area contributed by atoms with Gasteiger partial charge in [-0.3, -0.25) is 0 Å². The number of carbonyl (C=O) groups is 1. The quantitative estimate of drug-likeness (QED) is 0.700. The van der Waals surface area contributed by atoms with E-state index in [1.165, 1.54) is 10.1 Å². The molecule has 4 rings (SSSR count). The summed E-state index contributed by atoms with van der Waals surface area (Å²) in [7, 11) is 3.56. The Kier molecular flexibility index (Phi) is 4.17. The monoisotopic (exact) mass is 356 g/mol. The number of likely N-dealkylation sites (tertiary alicyclic amines) is 1. The number of benzene rings is 1. The van der Waals surface area contributed by atoms with Gasteiger partial charge in [-0.1, -0.05) is 5.16 Å². The van der Waals surface area contributed by atoms with Crippen molar-refractivity contribution in [2.75, 3.05) is 27.2 Å². The third-order valence-electron chi connectivity index (χ3n) is 4.65. The number of nitrogens with zero attached hydrogens (tertiary/aromatic N) is 4. The Balaban J connectivity index is 1.47. The Bertz CT molecular complexity index is 893. The van der Waals surface area contributed by atoms with Crippen LogP contribution in [0.1, 0.15) is 24.7 Å². The number of amides is 2. The second kappa shape index (κ2) is 6.48. The minimum Gasteiger partial charge on any atom is -0.339 e. The molecule has 1 saturated heterocycles. The third-order valence-corrected chi connectivity index (χ3v) is 5.55. The van der Waals surface area contributed by atoms with Crippen LogP contribution in [-0.2, 0) is 0 Å². The SMILES string of the molecule is CN(C)C(=O)N1CCC(c2nc(-c3ccc4sccc4c3)no2)CC1. The smallest absolute Gasteiger partial charge is 0.319 e. The molecule has 1 aromatic carbocycles. The molecule has 1 aliphatic rings. The van der Waals surface area contributed by atoms with Gasteiger partial charge in [-0.2, -0.15) is 4.98 Å². The first-order chi connectivity index (χ1) is 12.1. The molecule has 3 heterocycles. The van der Waals surface area contributed by atoms with Crippen LogP contribution in [0.3, 0.4) is 0 Å². The Morgan fingerprint density at radius 1 is 1.28 bits per heavy atom. The summed E-state index contributed by atoms with van der Waals surface area (Å²) in [5.74, 6) is 1.53. The van der Waals surface area contributed by atoms with E-state index in [1.54, 1.807) is 30.3 Å². The summed E-state index contributed by atoms with van der Waals surface area (Å²) in [5, 5.41) is 7.44. The van der Waals surface area contributed by atoms with E-state index in [0.29, 0.717) is 11.7 Å². The fraction of sp³-hybridized carbons (Fsp3) is 0.389. The molecule has 0 spiro atoms. The number of urea groups is 1. The predicted octanol–water partition coefficient (Wildman–Crippen LogP) is 3.81. The lowest BCUT2D eigenvalue weighted by atomic mass is 9.97. The van der Waals surface area contributed by atoms with E-state index in [4.69, 9.17) is 4.52 Å². The molecule has 7 heteroatoms. The van der Waals surface area contributed by atoms with Crippen LogP contribution in [0.25, 0.3) is 21.5 Å². The summed E-state index contributed by atoms with van der Waals surface area (Å²) >= 11 is 1.72. The fourth-order valence-electron chi connectivity index (χ4n) is 3.22. The molecule has 0 aliphatic carbocycles. The van der Waals surface area contributed by atoms with E-state index in [2.05, 4.69) is 33.7 Å². The van der Waals surface area contributed by atoms with Crippen LogP contribution in [0.5, 0.6) is 0 Å². The number of carbonyl (C=O) groups excluding carboxylic acids is 1. The Morgan fingerprint density at radius 2 is 2.08 bits per heavy atom. The van der Waals surface area contributed by atoms with Crippen LogP contribution in [-0.4, -0.2) is 53.2 Å². The van der Waals surface area contributed by atoms with Gasteiger partial charge < -0.3 is 14.3 Å². The molecule has 0 bridgehead atoms. The number of aromatic nitrogens is 2. The molecule has 1 fully saturated rings. The zero-order chi connectivity index (χ0) is 17.4. The largest absolute Gasteiger partial charge is 0.339 e. The van der Waals surface area contributed by atoms with E-state index >= 15 is 0 Å². The van der Waals surface area contributed by atoms with E-state index in [9.17, 15) is 4.79 Å². The molecule has 2 aromatic heterocycles. The summed E-state index contributed by atoms with van der Waals surface area (Å²) < 4.78 is 6.78. The van der Waals surface area contributed by atoms with Gasteiger partial charge in [-0.25, -0.2) is 4.79 Å². The molecule has 130 valence electrons. The Labute approximate surface area is 150 Å². The van der Waals surface area contributed by atoms with Crippen molar-refractivity contribution in [3.8, 4) is 11.4 Å². The molecule has 2 amide bonds.